The zero-order chi connectivity index (χ0) is 32.8. The number of rotatable bonds is 19. The summed E-state index contributed by atoms with van der Waals surface area (Å²) in [5.74, 6) is -1.37. The predicted molar refractivity (Wildman–Crippen MR) is 154 cm³/mol. The summed E-state index contributed by atoms with van der Waals surface area (Å²) in [4.78, 5) is 37.0. The number of aliphatic hydroxyl groups is 7. The second kappa shape index (κ2) is 19.7. The van der Waals surface area contributed by atoms with E-state index in [2.05, 4.69) is 17.6 Å². The summed E-state index contributed by atoms with van der Waals surface area (Å²) in [6, 6.07) is -0.643. The van der Waals surface area contributed by atoms with Crippen LogP contribution in [0.25, 0.3) is 0 Å². The SMILES string of the molecule is CCCCCCCCCCC(NC(=O)CCC(=O)N[C@@H]1OC(CO)[C@@H](O[C@@H]2OC(CO)[C@H](O)C(O)[C@@H]2O)[C@H](O)C1O)C(C)=O. The molecule has 2 heterocycles. The number of Topliss-reactive ketones (excluding diaryl/α,β-unsaturated/α-hetero) is 1. The highest BCUT2D eigenvalue weighted by Gasteiger charge is 2.50. The first-order chi connectivity index (χ1) is 20.9. The molecule has 9 N–H and O–H groups in total. The molecule has 15 heteroatoms. The third-order valence-corrected chi connectivity index (χ3v) is 8.06. The molecule has 0 aliphatic carbocycles. The number of unbranched alkanes of at least 4 members (excludes halogenated alkanes) is 7. The molecule has 0 spiro atoms. The van der Waals surface area contributed by atoms with Gasteiger partial charge >= 0.3 is 0 Å². The number of carbonyl (C=O) groups excluding carboxylic acids is 3. The van der Waals surface area contributed by atoms with Gasteiger partial charge in [-0.05, 0) is 13.3 Å². The standard InChI is InChI=1S/C29H52N2O13/c1-3-4-5-6-7-8-9-10-11-17(16(2)34)30-20(35)12-13-21(36)31-28-25(40)24(39)27(19(15-33)42-28)44-29-26(41)23(38)22(37)18(14-32)43-29/h17-19,22-29,32-33,37-41H,3-15H2,1-2H3,(H,30,35)(H,31,36)/t17?,18?,19?,22-,23?,24+,25?,26-,27+,28+,29-/m0/s1. The molecule has 0 bridgehead atoms. The van der Waals surface area contributed by atoms with Gasteiger partial charge in [0.05, 0.1) is 19.3 Å². The Balaban J connectivity index is 1.82. The number of hydrogen-bond acceptors (Lipinski definition) is 13. The lowest BCUT2D eigenvalue weighted by Crippen LogP contribution is -2.66. The lowest BCUT2D eigenvalue weighted by molar-refractivity contribution is -0.343. The quantitative estimate of drug-likeness (QED) is 0.0705. The average Bonchev–Trinajstić information content (AvgIpc) is 3.00. The molecule has 15 nitrogen and oxygen atoms in total. The largest absolute Gasteiger partial charge is 0.394 e. The van der Waals surface area contributed by atoms with Gasteiger partial charge in [0.2, 0.25) is 11.8 Å². The van der Waals surface area contributed by atoms with Gasteiger partial charge in [-0.1, -0.05) is 58.3 Å². The second-order valence-electron chi connectivity index (χ2n) is 11.6. The van der Waals surface area contributed by atoms with Gasteiger partial charge in [0.25, 0.3) is 0 Å². The van der Waals surface area contributed by atoms with Crippen molar-refractivity contribution in [2.45, 2.75) is 152 Å². The van der Waals surface area contributed by atoms with Crippen molar-refractivity contribution in [2.24, 2.45) is 0 Å². The number of carbonyl (C=O) groups is 3. The van der Waals surface area contributed by atoms with E-state index in [0.717, 1.165) is 25.7 Å². The Labute approximate surface area is 257 Å². The van der Waals surface area contributed by atoms with Gasteiger partial charge in [0.1, 0.15) is 48.8 Å². The van der Waals surface area contributed by atoms with Crippen molar-refractivity contribution in [1.29, 1.82) is 0 Å². The lowest BCUT2D eigenvalue weighted by atomic mass is 9.96. The Kier molecular flexibility index (Phi) is 17.2. The number of amides is 2. The summed E-state index contributed by atoms with van der Waals surface area (Å²) in [6.45, 7) is 2.09. The Morgan fingerprint density at radius 1 is 0.727 bits per heavy atom. The van der Waals surface area contributed by atoms with Gasteiger partial charge in [0, 0.05) is 12.8 Å². The minimum absolute atomic E-state index is 0.172. The molecule has 2 rings (SSSR count). The van der Waals surface area contributed by atoms with Crippen molar-refractivity contribution in [3.05, 3.63) is 0 Å². The van der Waals surface area contributed by atoms with E-state index in [1.54, 1.807) is 0 Å². The molecule has 11 atom stereocenters. The molecule has 2 amide bonds. The van der Waals surface area contributed by atoms with E-state index in [1.165, 1.54) is 32.6 Å². The highest BCUT2D eigenvalue weighted by molar-refractivity contribution is 5.89. The maximum Gasteiger partial charge on any atom is 0.222 e. The van der Waals surface area contributed by atoms with E-state index in [9.17, 15) is 50.1 Å². The summed E-state index contributed by atoms with van der Waals surface area (Å²) >= 11 is 0. The molecule has 0 aromatic heterocycles. The number of ether oxygens (including phenoxy) is 3. The van der Waals surface area contributed by atoms with Crippen LogP contribution in [0.2, 0.25) is 0 Å². The fraction of sp³-hybridized carbons (Fsp3) is 0.897. The number of hydrogen-bond donors (Lipinski definition) is 9. The van der Waals surface area contributed by atoms with Crippen LogP contribution >= 0.6 is 0 Å². The minimum atomic E-state index is -1.80. The Bertz CT molecular complexity index is 876. The van der Waals surface area contributed by atoms with Crippen LogP contribution in [0.4, 0.5) is 0 Å². The molecule has 2 aliphatic heterocycles. The van der Waals surface area contributed by atoms with Gasteiger partial charge in [0.15, 0.2) is 18.3 Å². The Morgan fingerprint density at radius 2 is 1.32 bits per heavy atom. The monoisotopic (exact) mass is 636 g/mol. The summed E-state index contributed by atoms with van der Waals surface area (Å²) in [5, 5.41) is 75.6. The van der Waals surface area contributed by atoms with E-state index in [4.69, 9.17) is 14.2 Å². The van der Waals surface area contributed by atoms with Gasteiger partial charge in [-0.25, -0.2) is 0 Å². The van der Waals surface area contributed by atoms with Gasteiger partial charge in [-0.15, -0.1) is 0 Å². The predicted octanol–water partition coefficient (Wildman–Crippen LogP) is -1.89. The minimum Gasteiger partial charge on any atom is -0.394 e. The fourth-order valence-electron chi connectivity index (χ4n) is 5.29. The Hall–Kier alpha value is -1.79. The van der Waals surface area contributed by atoms with Crippen LogP contribution in [0.5, 0.6) is 0 Å². The van der Waals surface area contributed by atoms with Gasteiger partial charge < -0.3 is 60.6 Å². The first kappa shape index (κ1) is 38.4. The molecule has 2 saturated heterocycles. The first-order valence-electron chi connectivity index (χ1n) is 15.6. The number of nitrogens with one attached hydrogen (secondary N) is 2. The fourth-order valence-corrected chi connectivity index (χ4v) is 5.29. The summed E-state index contributed by atoms with van der Waals surface area (Å²) < 4.78 is 16.3. The molecular formula is C29H52N2O13. The molecule has 0 aromatic carbocycles. The molecule has 5 unspecified atom stereocenters. The third-order valence-electron chi connectivity index (χ3n) is 8.06. The van der Waals surface area contributed by atoms with Crippen LogP contribution in [0.1, 0.15) is 84.5 Å². The number of aliphatic hydroxyl groups excluding tert-OH is 7. The van der Waals surface area contributed by atoms with E-state index in [1.807, 2.05) is 0 Å². The van der Waals surface area contributed by atoms with Crippen molar-refractivity contribution >= 4 is 17.6 Å². The molecule has 0 radical (unpaired) electrons. The molecule has 44 heavy (non-hydrogen) atoms. The van der Waals surface area contributed by atoms with Crippen molar-refractivity contribution < 1.29 is 64.3 Å². The molecule has 2 fully saturated rings. The average molecular weight is 637 g/mol. The lowest BCUT2D eigenvalue weighted by Gasteiger charge is -2.46. The summed E-state index contributed by atoms with van der Waals surface area (Å²) in [7, 11) is 0. The van der Waals surface area contributed by atoms with E-state index in [0.29, 0.717) is 6.42 Å². The van der Waals surface area contributed by atoms with Crippen molar-refractivity contribution in [3.63, 3.8) is 0 Å². The maximum atomic E-state index is 12.5. The van der Waals surface area contributed by atoms with E-state index in [-0.39, 0.29) is 18.6 Å². The zero-order valence-corrected chi connectivity index (χ0v) is 25.6. The van der Waals surface area contributed by atoms with E-state index < -0.39 is 92.4 Å². The number of ketones is 1. The summed E-state index contributed by atoms with van der Waals surface area (Å²) in [6.07, 6.45) is -7.31. The van der Waals surface area contributed by atoms with Crippen molar-refractivity contribution in [1.82, 2.24) is 10.6 Å². The van der Waals surface area contributed by atoms with Crippen LogP contribution in [0.3, 0.4) is 0 Å². The maximum absolute atomic E-state index is 12.5. The third kappa shape index (κ3) is 11.5. The highest BCUT2D eigenvalue weighted by atomic mass is 16.7. The Morgan fingerprint density at radius 3 is 1.91 bits per heavy atom. The van der Waals surface area contributed by atoms with Crippen LogP contribution in [-0.4, -0.2) is 134 Å². The van der Waals surface area contributed by atoms with Crippen LogP contribution < -0.4 is 10.6 Å². The van der Waals surface area contributed by atoms with Crippen molar-refractivity contribution in [3.8, 4) is 0 Å². The molecule has 256 valence electrons. The summed E-state index contributed by atoms with van der Waals surface area (Å²) in [5.41, 5.74) is 0. The first-order valence-corrected chi connectivity index (χ1v) is 15.6. The second-order valence-corrected chi connectivity index (χ2v) is 11.6. The molecule has 0 saturated carbocycles. The topological polar surface area (TPSA) is 245 Å². The highest BCUT2D eigenvalue weighted by Crippen LogP contribution is 2.28. The smallest absolute Gasteiger partial charge is 0.222 e. The van der Waals surface area contributed by atoms with Crippen molar-refractivity contribution in [2.75, 3.05) is 13.2 Å². The van der Waals surface area contributed by atoms with Gasteiger partial charge in [-0.3, -0.25) is 14.4 Å². The van der Waals surface area contributed by atoms with Crippen LogP contribution in [-0.2, 0) is 28.6 Å². The van der Waals surface area contributed by atoms with Crippen LogP contribution in [0, 0.1) is 0 Å². The molecular weight excluding hydrogens is 584 g/mol. The molecule has 0 aromatic rings. The zero-order valence-electron chi connectivity index (χ0n) is 25.6. The van der Waals surface area contributed by atoms with E-state index >= 15 is 0 Å². The molecule has 2 aliphatic rings. The van der Waals surface area contributed by atoms with Gasteiger partial charge in [-0.2, -0.15) is 0 Å². The normalized spacial score (nSPS) is 33.0. The van der Waals surface area contributed by atoms with Crippen LogP contribution in [0.15, 0.2) is 0 Å².